The number of nitrogens with zero attached hydrogens (tertiary/aromatic N) is 2. The Kier molecular flexibility index (Phi) is 3.19. The molecule has 0 atom stereocenters. The van der Waals surface area contributed by atoms with Gasteiger partial charge in [-0.3, -0.25) is 0 Å². The summed E-state index contributed by atoms with van der Waals surface area (Å²) in [6.07, 6.45) is 7.71. The molecule has 2 aliphatic rings. The highest BCUT2D eigenvalue weighted by Crippen LogP contribution is 2.21. The van der Waals surface area contributed by atoms with Gasteiger partial charge in [0.15, 0.2) is 0 Å². The molecule has 0 aromatic carbocycles. The quantitative estimate of drug-likeness (QED) is 0.428. The van der Waals surface area contributed by atoms with E-state index in [4.69, 9.17) is 13.8 Å². The summed E-state index contributed by atoms with van der Waals surface area (Å²) in [5, 5.41) is 0. The van der Waals surface area contributed by atoms with Crippen LogP contribution in [0.4, 0.5) is 0 Å². The van der Waals surface area contributed by atoms with E-state index in [1.807, 2.05) is 60.7 Å². The van der Waals surface area contributed by atoms with Gasteiger partial charge in [-0.25, -0.2) is 9.97 Å². The number of H-pyrrole nitrogens is 2. The van der Waals surface area contributed by atoms with Crippen molar-refractivity contribution in [2.75, 3.05) is 0 Å². The van der Waals surface area contributed by atoms with Gasteiger partial charge in [0.25, 0.3) is 0 Å². The molecule has 2 N–H and O–H groups in total. The van der Waals surface area contributed by atoms with Crippen molar-refractivity contribution in [3.63, 3.8) is 0 Å². The first-order valence-corrected chi connectivity index (χ1v) is 8.27. The molecule has 122 valence electrons. The Balaban J connectivity index is 1.91. The van der Waals surface area contributed by atoms with Crippen LogP contribution in [-0.4, -0.2) is 19.9 Å². The molecular weight excluding hydrogens is 320 g/mol. The first-order valence-electron chi connectivity index (χ1n) is 8.27. The van der Waals surface area contributed by atoms with Crippen LogP contribution in [0.25, 0.3) is 46.4 Å². The van der Waals surface area contributed by atoms with Crippen LogP contribution in [0.2, 0.25) is 0 Å². The predicted octanol–water partition coefficient (Wildman–Crippen LogP) is 4.77. The molecule has 4 nitrogen and oxygen atoms in total. The average molecular weight is 334 g/mol. The lowest BCUT2D eigenvalue weighted by atomic mass is 10.2. The molecule has 8 bridgehead atoms. The van der Waals surface area contributed by atoms with Crippen molar-refractivity contribution in [1.82, 2.24) is 19.9 Å². The maximum absolute atomic E-state index is 6.29. The van der Waals surface area contributed by atoms with E-state index < -0.39 is 0 Å². The summed E-state index contributed by atoms with van der Waals surface area (Å²) in [6.45, 7) is 12.6. The number of fused-ring (bicyclic) bond motifs is 8. The molecule has 0 saturated carbocycles. The molecule has 5 heterocycles. The maximum Gasteiger partial charge on any atom is 0.0693 e. The molecule has 4 radical (unpaired) electrons. The monoisotopic (exact) mass is 334 g/mol. The Morgan fingerprint density at radius 3 is 1.54 bits per heavy atom. The largest absolute Gasteiger partial charge is 0.355 e. The Hall–Kier alpha value is -3.40. The molecule has 0 spiro atoms. The van der Waals surface area contributed by atoms with Gasteiger partial charge in [-0.15, -0.1) is 0 Å². The van der Waals surface area contributed by atoms with Gasteiger partial charge in [-0.1, -0.05) is 0 Å². The highest BCUT2D eigenvalue weighted by atomic mass is 14.8. The number of hydrogen-bond acceptors (Lipinski definition) is 2. The maximum atomic E-state index is 6.29. The lowest BCUT2D eigenvalue weighted by Crippen LogP contribution is -1.82. The Morgan fingerprint density at radius 1 is 0.615 bits per heavy atom. The summed E-state index contributed by atoms with van der Waals surface area (Å²) in [5.41, 5.74) is 7.84. The fourth-order valence-corrected chi connectivity index (χ4v) is 3.12. The minimum Gasteiger partial charge on any atom is -0.355 e. The van der Waals surface area contributed by atoms with Crippen LogP contribution in [0.15, 0.2) is 36.4 Å². The van der Waals surface area contributed by atoms with Crippen molar-refractivity contribution < 1.29 is 0 Å². The van der Waals surface area contributed by atoms with Gasteiger partial charge < -0.3 is 9.97 Å². The van der Waals surface area contributed by atoms with E-state index in [2.05, 4.69) is 19.9 Å². The van der Waals surface area contributed by atoms with Crippen molar-refractivity contribution in [2.24, 2.45) is 0 Å². The van der Waals surface area contributed by atoms with Crippen molar-refractivity contribution in [3.8, 4) is 0 Å². The molecule has 5 rings (SSSR count). The van der Waals surface area contributed by atoms with E-state index in [0.717, 1.165) is 44.8 Å². The van der Waals surface area contributed by atoms with Crippen LogP contribution in [0.1, 0.15) is 33.9 Å². The topological polar surface area (TPSA) is 57.4 Å². The lowest BCUT2D eigenvalue weighted by Gasteiger charge is -1.93. The SMILES string of the molecule is [CH]c1c2nc(cc3ccc([nH]3)c([CH])c3nc(cc4ccc1[nH]4)C=C3)C=C2. The standard InChI is InChI=1S/C22H14N4/c1-13-19-7-3-15(23-19)11-17-5-9-21(25-17)14(2)22-10-6-18(26-22)12-16-4-8-20(13)24-16/h1-12,23,26H. The lowest BCUT2D eigenvalue weighted by molar-refractivity contribution is 1.29. The van der Waals surface area contributed by atoms with Gasteiger partial charge in [0, 0.05) is 47.0 Å². The second-order valence-corrected chi connectivity index (χ2v) is 6.28. The normalized spacial score (nSPS) is 12.7. The van der Waals surface area contributed by atoms with Gasteiger partial charge in [0.05, 0.1) is 22.8 Å². The predicted molar refractivity (Wildman–Crippen MR) is 106 cm³/mol. The third-order valence-electron chi connectivity index (χ3n) is 4.48. The van der Waals surface area contributed by atoms with Gasteiger partial charge in [0.2, 0.25) is 0 Å². The first-order chi connectivity index (χ1) is 12.7. The van der Waals surface area contributed by atoms with E-state index in [1.165, 1.54) is 0 Å². The van der Waals surface area contributed by atoms with Crippen LogP contribution in [0, 0.1) is 13.8 Å². The summed E-state index contributed by atoms with van der Waals surface area (Å²) in [5.74, 6) is 0. The Labute approximate surface area is 151 Å². The van der Waals surface area contributed by atoms with Crippen LogP contribution in [0.3, 0.4) is 0 Å². The van der Waals surface area contributed by atoms with Gasteiger partial charge in [-0.05, 0) is 60.7 Å². The molecule has 3 aromatic heterocycles. The van der Waals surface area contributed by atoms with E-state index in [1.54, 1.807) is 0 Å². The highest BCUT2D eigenvalue weighted by molar-refractivity contribution is 5.81. The van der Waals surface area contributed by atoms with Gasteiger partial charge in [0.1, 0.15) is 0 Å². The molecular formula is C22H14N4. The average Bonchev–Trinajstić information content (AvgIpc) is 3.41. The van der Waals surface area contributed by atoms with Crippen LogP contribution >= 0.6 is 0 Å². The van der Waals surface area contributed by atoms with Crippen LogP contribution in [0.5, 0.6) is 0 Å². The van der Waals surface area contributed by atoms with Crippen molar-refractivity contribution in [2.45, 2.75) is 0 Å². The number of nitrogens with one attached hydrogen (secondary N) is 2. The number of aromatic nitrogens is 4. The van der Waals surface area contributed by atoms with Gasteiger partial charge >= 0.3 is 0 Å². The zero-order valence-electron chi connectivity index (χ0n) is 13.8. The van der Waals surface area contributed by atoms with E-state index in [-0.39, 0.29) is 0 Å². The molecule has 0 unspecified atom stereocenters. The van der Waals surface area contributed by atoms with Crippen LogP contribution < -0.4 is 0 Å². The molecule has 4 heteroatoms. The third kappa shape index (κ3) is 2.47. The second kappa shape index (κ2) is 5.56. The summed E-state index contributed by atoms with van der Waals surface area (Å²) in [7, 11) is 0. The van der Waals surface area contributed by atoms with E-state index >= 15 is 0 Å². The zero-order valence-corrected chi connectivity index (χ0v) is 13.8. The smallest absolute Gasteiger partial charge is 0.0693 e. The summed E-state index contributed by atoms with van der Waals surface area (Å²) in [6, 6.07) is 11.7. The fraction of sp³-hybridized carbons (Fsp3) is 0. The Bertz CT molecular complexity index is 1150. The molecule has 0 fully saturated rings. The molecule has 0 aliphatic carbocycles. The fourth-order valence-electron chi connectivity index (χ4n) is 3.12. The number of rotatable bonds is 0. The molecule has 2 aliphatic heterocycles. The molecule has 26 heavy (non-hydrogen) atoms. The van der Waals surface area contributed by atoms with E-state index in [0.29, 0.717) is 11.1 Å². The molecule has 3 aromatic rings. The first kappa shape index (κ1) is 14.9. The summed E-state index contributed by atoms with van der Waals surface area (Å²) >= 11 is 0. The highest BCUT2D eigenvalue weighted by Gasteiger charge is 2.06. The number of aromatic amines is 2. The molecule has 0 amide bonds. The van der Waals surface area contributed by atoms with E-state index in [9.17, 15) is 0 Å². The summed E-state index contributed by atoms with van der Waals surface area (Å²) in [4.78, 5) is 15.8. The molecule has 0 saturated heterocycles. The minimum atomic E-state index is 0.609. The van der Waals surface area contributed by atoms with Crippen LogP contribution in [-0.2, 0) is 0 Å². The minimum absolute atomic E-state index is 0.609. The van der Waals surface area contributed by atoms with Crippen molar-refractivity contribution >= 4 is 46.4 Å². The van der Waals surface area contributed by atoms with Crippen molar-refractivity contribution in [1.29, 1.82) is 0 Å². The Morgan fingerprint density at radius 2 is 1.08 bits per heavy atom. The zero-order chi connectivity index (χ0) is 17.7. The number of hydrogen-bond donors (Lipinski definition) is 2. The van der Waals surface area contributed by atoms with Gasteiger partial charge in [-0.2, -0.15) is 0 Å². The summed E-state index contributed by atoms with van der Waals surface area (Å²) < 4.78 is 0. The second-order valence-electron chi connectivity index (χ2n) is 6.28. The van der Waals surface area contributed by atoms with Crippen molar-refractivity contribution in [3.05, 3.63) is 84.1 Å². The third-order valence-corrected chi connectivity index (χ3v) is 4.48.